The van der Waals surface area contributed by atoms with Crippen LogP contribution >= 0.6 is 11.6 Å². The van der Waals surface area contributed by atoms with Gasteiger partial charge in [-0.15, -0.1) is 0 Å². The van der Waals surface area contributed by atoms with E-state index < -0.39 is 5.82 Å². The molecule has 0 saturated heterocycles. The highest BCUT2D eigenvalue weighted by Crippen LogP contribution is 2.24. The zero-order valence-electron chi connectivity index (χ0n) is 15.2. The molecule has 1 amide bonds. The van der Waals surface area contributed by atoms with Gasteiger partial charge in [-0.1, -0.05) is 29.8 Å². The molecule has 27 heavy (non-hydrogen) atoms. The molecule has 2 aromatic carbocycles. The lowest BCUT2D eigenvalue weighted by atomic mass is 10.2. The molecule has 144 valence electrons. The lowest BCUT2D eigenvalue weighted by molar-refractivity contribution is -0.117. The molecular weight excluding hydrogens is 371 g/mol. The summed E-state index contributed by atoms with van der Waals surface area (Å²) >= 11 is 6.15. The molecule has 0 spiro atoms. The molecule has 0 aliphatic heterocycles. The Morgan fingerprint density at radius 1 is 1.30 bits per heavy atom. The van der Waals surface area contributed by atoms with Gasteiger partial charge in [0.25, 0.3) is 0 Å². The highest BCUT2D eigenvalue weighted by atomic mass is 35.5. The molecule has 2 rings (SSSR count). The second-order valence-electron chi connectivity index (χ2n) is 5.55. The van der Waals surface area contributed by atoms with Gasteiger partial charge in [0.15, 0.2) is 0 Å². The molecule has 8 heteroatoms. The van der Waals surface area contributed by atoms with Crippen LogP contribution in [0.2, 0.25) is 5.02 Å². The molecule has 0 fully saturated rings. The average Bonchev–Trinajstić information content (AvgIpc) is 2.65. The van der Waals surface area contributed by atoms with Crippen molar-refractivity contribution in [3.63, 3.8) is 0 Å². The normalized spacial score (nSPS) is 10.8. The molecule has 0 aliphatic carbocycles. The first-order valence-corrected chi connectivity index (χ1v) is 8.76. The minimum Gasteiger partial charge on any atom is -0.313 e. The largest absolute Gasteiger partial charge is 0.313 e. The lowest BCUT2D eigenvalue weighted by Gasteiger charge is -2.25. The maximum Gasteiger partial charge on any atom is 0.232 e. The van der Waals surface area contributed by atoms with Gasteiger partial charge in [0.2, 0.25) is 5.91 Å². The van der Waals surface area contributed by atoms with Crippen LogP contribution in [0, 0.1) is 5.82 Å². The van der Waals surface area contributed by atoms with Crippen molar-refractivity contribution in [3.05, 3.63) is 59.4 Å². The highest BCUT2D eigenvalue weighted by Gasteiger charge is 2.16. The molecule has 0 radical (unpaired) electrons. The van der Waals surface area contributed by atoms with Gasteiger partial charge in [0.05, 0.1) is 30.3 Å². The van der Waals surface area contributed by atoms with Crippen molar-refractivity contribution in [1.82, 2.24) is 5.43 Å². The zero-order valence-corrected chi connectivity index (χ0v) is 16.0. The van der Waals surface area contributed by atoms with Gasteiger partial charge in [-0.25, -0.2) is 4.39 Å². The summed E-state index contributed by atoms with van der Waals surface area (Å²) in [6, 6.07) is 13.1. The molecule has 0 aromatic heterocycles. The van der Waals surface area contributed by atoms with Crippen molar-refractivity contribution in [2.24, 2.45) is 5.10 Å². The lowest BCUT2D eigenvalue weighted by Crippen LogP contribution is -2.35. The van der Waals surface area contributed by atoms with Crippen LogP contribution in [0.15, 0.2) is 53.6 Å². The highest BCUT2D eigenvalue weighted by molar-refractivity contribution is 6.33. The van der Waals surface area contributed by atoms with Gasteiger partial charge in [-0.3, -0.25) is 14.7 Å². The summed E-state index contributed by atoms with van der Waals surface area (Å²) < 4.78 is 13.6. The van der Waals surface area contributed by atoms with Gasteiger partial charge < -0.3 is 10.3 Å². The van der Waals surface area contributed by atoms with Crippen LogP contribution < -0.4 is 15.4 Å². The number of halogens is 2. The van der Waals surface area contributed by atoms with E-state index in [4.69, 9.17) is 16.4 Å². The number of hydroxylamine groups is 1. The Morgan fingerprint density at radius 3 is 2.78 bits per heavy atom. The van der Waals surface area contributed by atoms with E-state index in [0.717, 1.165) is 0 Å². The van der Waals surface area contributed by atoms with E-state index in [2.05, 4.69) is 10.5 Å². The Hall–Kier alpha value is -2.64. The standard InChI is InChI=1S/C19H22ClFN4O2/c1-22-23-11-10-19(26)25(16-7-5-6-15(21)14-16)12-13-27-24(2)18-9-4-3-8-17(18)20/h3-9,11,14,22H,10,12-13H2,1-2H3/b23-11-. The van der Waals surface area contributed by atoms with Crippen molar-refractivity contribution >= 4 is 35.1 Å². The van der Waals surface area contributed by atoms with Gasteiger partial charge in [-0.05, 0) is 30.3 Å². The molecule has 6 nitrogen and oxygen atoms in total. The van der Waals surface area contributed by atoms with Crippen molar-refractivity contribution in [2.45, 2.75) is 6.42 Å². The molecule has 0 atom stereocenters. The monoisotopic (exact) mass is 392 g/mol. The quantitative estimate of drug-likeness (QED) is 0.524. The molecule has 0 aliphatic rings. The number of amides is 1. The Labute approximate surface area is 163 Å². The predicted octanol–water partition coefficient (Wildman–Crippen LogP) is 3.48. The maximum atomic E-state index is 13.6. The number of nitrogens with zero attached hydrogens (tertiary/aromatic N) is 3. The fourth-order valence-corrected chi connectivity index (χ4v) is 2.67. The first kappa shape index (κ1) is 20.7. The predicted molar refractivity (Wildman–Crippen MR) is 107 cm³/mol. The molecule has 0 unspecified atom stereocenters. The van der Waals surface area contributed by atoms with Crippen molar-refractivity contribution < 1.29 is 14.0 Å². The maximum absolute atomic E-state index is 13.6. The van der Waals surface area contributed by atoms with E-state index in [1.807, 2.05) is 18.2 Å². The van der Waals surface area contributed by atoms with Crippen LogP contribution in [-0.2, 0) is 9.63 Å². The van der Waals surface area contributed by atoms with Gasteiger partial charge in [-0.2, -0.15) is 5.10 Å². The minimum atomic E-state index is -0.414. The van der Waals surface area contributed by atoms with E-state index >= 15 is 0 Å². The number of benzene rings is 2. The Kier molecular flexibility index (Phi) is 8.03. The van der Waals surface area contributed by atoms with Gasteiger partial charge in [0.1, 0.15) is 5.82 Å². The number of hydrogen-bond donors (Lipinski definition) is 1. The van der Waals surface area contributed by atoms with E-state index in [1.165, 1.54) is 23.2 Å². The summed E-state index contributed by atoms with van der Waals surface area (Å²) in [5.74, 6) is -0.633. The summed E-state index contributed by atoms with van der Waals surface area (Å²) in [4.78, 5) is 19.7. The molecular formula is C19H22ClFN4O2. The first-order chi connectivity index (χ1) is 13.0. The van der Waals surface area contributed by atoms with Crippen LogP contribution in [-0.4, -0.2) is 39.4 Å². The number of hydrazone groups is 1. The smallest absolute Gasteiger partial charge is 0.232 e. The van der Waals surface area contributed by atoms with E-state index in [9.17, 15) is 9.18 Å². The number of rotatable bonds is 9. The molecule has 0 bridgehead atoms. The van der Waals surface area contributed by atoms with Crippen LogP contribution in [0.25, 0.3) is 0 Å². The van der Waals surface area contributed by atoms with Crippen LogP contribution in [0.1, 0.15) is 6.42 Å². The minimum absolute atomic E-state index is 0.0811. The van der Waals surface area contributed by atoms with Crippen molar-refractivity contribution in [2.75, 3.05) is 37.2 Å². The second-order valence-corrected chi connectivity index (χ2v) is 5.95. The number of carbonyl (C=O) groups excluding carboxylic acids is 1. The third kappa shape index (κ3) is 6.23. The molecule has 0 heterocycles. The third-order valence-electron chi connectivity index (χ3n) is 3.70. The summed E-state index contributed by atoms with van der Waals surface area (Å²) in [6.07, 6.45) is 1.54. The van der Waals surface area contributed by atoms with Crippen molar-refractivity contribution in [1.29, 1.82) is 0 Å². The zero-order chi connectivity index (χ0) is 19.6. The fourth-order valence-electron chi connectivity index (χ4n) is 2.41. The van der Waals surface area contributed by atoms with Crippen LogP contribution in [0.5, 0.6) is 0 Å². The number of carbonyl (C=O) groups is 1. The van der Waals surface area contributed by atoms with Gasteiger partial charge in [0, 0.05) is 26.0 Å². The van der Waals surface area contributed by atoms with Crippen LogP contribution in [0.3, 0.4) is 0 Å². The van der Waals surface area contributed by atoms with E-state index in [0.29, 0.717) is 16.4 Å². The molecule has 2 aromatic rings. The topological polar surface area (TPSA) is 57.2 Å². The summed E-state index contributed by atoms with van der Waals surface area (Å²) in [6.45, 7) is 0.442. The second kappa shape index (κ2) is 10.5. The Morgan fingerprint density at radius 2 is 2.07 bits per heavy atom. The SMILES string of the molecule is CN/N=C\CC(=O)N(CCON(C)c1ccccc1Cl)c1cccc(F)c1. The number of para-hydroxylation sites is 1. The third-order valence-corrected chi connectivity index (χ3v) is 4.02. The van der Waals surface area contributed by atoms with Crippen LogP contribution in [0.4, 0.5) is 15.8 Å². The Bertz CT molecular complexity index is 788. The fraction of sp³-hybridized carbons (Fsp3) is 0.263. The molecule has 0 saturated carbocycles. The molecule has 1 N–H and O–H groups in total. The number of anilines is 2. The average molecular weight is 393 g/mol. The summed E-state index contributed by atoms with van der Waals surface area (Å²) in [5.41, 5.74) is 3.76. The van der Waals surface area contributed by atoms with Gasteiger partial charge >= 0.3 is 0 Å². The first-order valence-electron chi connectivity index (χ1n) is 8.38. The Balaban J connectivity index is 2.04. The summed E-state index contributed by atoms with van der Waals surface area (Å²) in [5, 5.41) is 5.91. The number of nitrogens with one attached hydrogen (secondary N) is 1. The van der Waals surface area contributed by atoms with Crippen molar-refractivity contribution in [3.8, 4) is 0 Å². The van der Waals surface area contributed by atoms with E-state index in [1.54, 1.807) is 37.4 Å². The summed E-state index contributed by atoms with van der Waals surface area (Å²) in [7, 11) is 3.37. The number of hydrogen-bond acceptors (Lipinski definition) is 5. The van der Waals surface area contributed by atoms with E-state index in [-0.39, 0.29) is 25.5 Å².